The van der Waals surface area contributed by atoms with Crippen LogP contribution in [0.25, 0.3) is 0 Å². The fourth-order valence-electron chi connectivity index (χ4n) is 4.09. The molecule has 0 aromatic heterocycles. The smallest absolute Gasteiger partial charge is 0.241 e. The van der Waals surface area contributed by atoms with Crippen LogP contribution in [0.4, 0.5) is 17.1 Å². The Bertz CT molecular complexity index is 911. The van der Waals surface area contributed by atoms with Crippen LogP contribution in [0.15, 0.2) is 48.5 Å². The Labute approximate surface area is 176 Å². The number of anilines is 3. The lowest BCUT2D eigenvalue weighted by Crippen LogP contribution is -2.51. The molecule has 29 heavy (non-hydrogen) atoms. The van der Waals surface area contributed by atoms with E-state index in [1.807, 2.05) is 55.5 Å². The fourth-order valence-corrected chi connectivity index (χ4v) is 4.35. The number of fused-ring (bicyclic) bond motifs is 1. The van der Waals surface area contributed by atoms with Gasteiger partial charge in [-0.05, 0) is 31.2 Å². The lowest BCUT2D eigenvalue weighted by Gasteiger charge is -2.37. The summed E-state index contributed by atoms with van der Waals surface area (Å²) in [6, 6.07) is 15.2. The van der Waals surface area contributed by atoms with Crippen molar-refractivity contribution in [1.29, 1.82) is 0 Å². The minimum atomic E-state index is -0.185. The van der Waals surface area contributed by atoms with Crippen LogP contribution in [0.3, 0.4) is 0 Å². The molecule has 0 unspecified atom stereocenters. The minimum absolute atomic E-state index is 0.0210. The van der Waals surface area contributed by atoms with Crippen molar-refractivity contribution in [3.05, 3.63) is 53.6 Å². The maximum absolute atomic E-state index is 13.2. The molecule has 6 nitrogen and oxygen atoms in total. The van der Waals surface area contributed by atoms with Crippen molar-refractivity contribution in [2.45, 2.75) is 19.4 Å². The number of nitrogens with one attached hydrogen (secondary N) is 1. The Balaban J connectivity index is 1.43. The molecule has 1 saturated heterocycles. The summed E-state index contributed by atoms with van der Waals surface area (Å²) >= 11 is 6.32. The molecule has 2 heterocycles. The first-order valence-electron chi connectivity index (χ1n) is 9.95. The van der Waals surface area contributed by atoms with Crippen molar-refractivity contribution in [3.8, 4) is 0 Å². The van der Waals surface area contributed by atoms with Gasteiger partial charge < -0.3 is 15.1 Å². The van der Waals surface area contributed by atoms with Gasteiger partial charge in [0.05, 0.1) is 28.6 Å². The third kappa shape index (κ3) is 4.23. The van der Waals surface area contributed by atoms with Crippen molar-refractivity contribution < 1.29 is 9.59 Å². The average molecular weight is 413 g/mol. The van der Waals surface area contributed by atoms with Crippen molar-refractivity contribution >= 4 is 40.5 Å². The van der Waals surface area contributed by atoms with Gasteiger partial charge in [-0.15, -0.1) is 0 Å². The summed E-state index contributed by atoms with van der Waals surface area (Å²) < 4.78 is 0. The van der Waals surface area contributed by atoms with Gasteiger partial charge in [0.15, 0.2) is 0 Å². The first kappa shape index (κ1) is 19.7. The summed E-state index contributed by atoms with van der Waals surface area (Å²) in [6.07, 6.45) is 0.292. The second kappa shape index (κ2) is 8.43. The molecule has 152 valence electrons. The Morgan fingerprint density at radius 3 is 2.41 bits per heavy atom. The predicted molar refractivity (Wildman–Crippen MR) is 117 cm³/mol. The Morgan fingerprint density at radius 1 is 1.03 bits per heavy atom. The number of benzene rings is 2. The molecule has 2 aliphatic rings. The highest BCUT2D eigenvalue weighted by molar-refractivity contribution is 6.33. The van der Waals surface area contributed by atoms with Crippen LogP contribution in [0.1, 0.15) is 13.3 Å². The van der Waals surface area contributed by atoms with Crippen LogP contribution >= 0.6 is 11.6 Å². The molecule has 0 aliphatic carbocycles. The summed E-state index contributed by atoms with van der Waals surface area (Å²) in [5.74, 6) is -0.0405. The molecular formula is C22H25ClN4O2. The third-order valence-corrected chi connectivity index (χ3v) is 5.87. The van der Waals surface area contributed by atoms with E-state index in [0.717, 1.165) is 42.6 Å². The maximum Gasteiger partial charge on any atom is 0.241 e. The second-order valence-electron chi connectivity index (χ2n) is 7.60. The zero-order chi connectivity index (χ0) is 20.4. The van der Waals surface area contributed by atoms with E-state index in [-0.39, 0.29) is 17.9 Å². The number of para-hydroxylation sites is 3. The minimum Gasteiger partial charge on any atom is -0.368 e. The molecule has 2 aliphatic heterocycles. The van der Waals surface area contributed by atoms with Crippen LogP contribution in [0.2, 0.25) is 5.02 Å². The monoisotopic (exact) mass is 412 g/mol. The largest absolute Gasteiger partial charge is 0.368 e. The van der Waals surface area contributed by atoms with Crippen LogP contribution in [-0.4, -0.2) is 55.5 Å². The number of carbonyl (C=O) groups excluding carboxylic acids is 2. The molecule has 0 spiro atoms. The third-order valence-electron chi connectivity index (χ3n) is 5.55. The first-order chi connectivity index (χ1) is 14.0. The molecule has 4 rings (SSSR count). The highest BCUT2D eigenvalue weighted by Crippen LogP contribution is 2.31. The van der Waals surface area contributed by atoms with E-state index in [0.29, 0.717) is 18.7 Å². The molecule has 0 saturated carbocycles. The number of carbonyl (C=O) groups is 2. The van der Waals surface area contributed by atoms with Gasteiger partial charge in [0, 0.05) is 38.6 Å². The summed E-state index contributed by atoms with van der Waals surface area (Å²) in [5.41, 5.74) is 2.50. The summed E-state index contributed by atoms with van der Waals surface area (Å²) in [6.45, 7) is 5.49. The lowest BCUT2D eigenvalue weighted by atomic mass is 10.1. The normalized spacial score (nSPS) is 20.1. The summed E-state index contributed by atoms with van der Waals surface area (Å²) in [5, 5.41) is 3.66. The van der Waals surface area contributed by atoms with Gasteiger partial charge in [0.1, 0.15) is 0 Å². The van der Waals surface area contributed by atoms with Crippen molar-refractivity contribution in [1.82, 2.24) is 4.90 Å². The average Bonchev–Trinajstić information content (AvgIpc) is 2.83. The quantitative estimate of drug-likeness (QED) is 0.840. The van der Waals surface area contributed by atoms with E-state index in [1.54, 1.807) is 4.90 Å². The molecule has 7 heteroatoms. The Hall–Kier alpha value is -2.57. The molecule has 0 bridgehead atoms. The number of piperazine rings is 1. The molecule has 2 aromatic rings. The molecule has 2 amide bonds. The second-order valence-corrected chi connectivity index (χ2v) is 8.00. The number of nitrogens with zero attached hydrogens (tertiary/aromatic N) is 3. The zero-order valence-corrected chi connectivity index (χ0v) is 17.2. The number of rotatable bonds is 3. The van der Waals surface area contributed by atoms with E-state index in [9.17, 15) is 9.59 Å². The van der Waals surface area contributed by atoms with Gasteiger partial charge in [-0.3, -0.25) is 14.5 Å². The van der Waals surface area contributed by atoms with Gasteiger partial charge in [-0.25, -0.2) is 0 Å². The van der Waals surface area contributed by atoms with Crippen molar-refractivity contribution in [3.63, 3.8) is 0 Å². The SMILES string of the molecule is C[C@H]1CC(=O)Nc2ccccc2N1C(=O)CN1CCN(c2ccccc2Cl)CC1. The standard InChI is InChI=1S/C22H25ClN4O2/c1-16-14-21(28)24-18-7-3-5-9-20(18)27(16)22(29)15-25-10-12-26(13-11-25)19-8-4-2-6-17(19)23/h2-9,16H,10-15H2,1H3,(H,24,28)/t16-/m0/s1. The number of amides is 2. The van der Waals surface area contributed by atoms with Crippen molar-refractivity contribution in [2.24, 2.45) is 0 Å². The van der Waals surface area contributed by atoms with E-state index in [1.165, 1.54) is 0 Å². The van der Waals surface area contributed by atoms with Gasteiger partial charge in [-0.2, -0.15) is 0 Å². The molecule has 1 N–H and O–H groups in total. The van der Waals surface area contributed by atoms with E-state index in [4.69, 9.17) is 11.6 Å². The highest BCUT2D eigenvalue weighted by Gasteiger charge is 2.31. The maximum atomic E-state index is 13.2. The van der Waals surface area contributed by atoms with Gasteiger partial charge in [-0.1, -0.05) is 35.9 Å². The van der Waals surface area contributed by atoms with E-state index >= 15 is 0 Å². The number of hydrogen-bond donors (Lipinski definition) is 1. The Kier molecular flexibility index (Phi) is 5.74. The van der Waals surface area contributed by atoms with Crippen molar-refractivity contribution in [2.75, 3.05) is 47.8 Å². The Morgan fingerprint density at radius 2 is 1.69 bits per heavy atom. The van der Waals surface area contributed by atoms with Crippen LogP contribution < -0.4 is 15.1 Å². The van der Waals surface area contributed by atoms with Gasteiger partial charge in [0.25, 0.3) is 0 Å². The molecule has 2 aromatic carbocycles. The topological polar surface area (TPSA) is 55.9 Å². The summed E-state index contributed by atoms with van der Waals surface area (Å²) in [4.78, 5) is 31.6. The van der Waals surface area contributed by atoms with Crippen LogP contribution in [-0.2, 0) is 9.59 Å². The number of halogens is 1. The van der Waals surface area contributed by atoms with Crippen LogP contribution in [0, 0.1) is 0 Å². The molecule has 1 atom stereocenters. The zero-order valence-electron chi connectivity index (χ0n) is 16.5. The fraction of sp³-hybridized carbons (Fsp3) is 0.364. The molecule has 1 fully saturated rings. The summed E-state index contributed by atoms with van der Waals surface area (Å²) in [7, 11) is 0. The molecule has 0 radical (unpaired) electrons. The lowest BCUT2D eigenvalue weighted by molar-refractivity contribution is -0.120. The van der Waals surface area contributed by atoms with E-state index < -0.39 is 0 Å². The van der Waals surface area contributed by atoms with Gasteiger partial charge >= 0.3 is 0 Å². The van der Waals surface area contributed by atoms with Crippen LogP contribution in [0.5, 0.6) is 0 Å². The first-order valence-corrected chi connectivity index (χ1v) is 10.3. The predicted octanol–water partition coefficient (Wildman–Crippen LogP) is 3.23. The van der Waals surface area contributed by atoms with E-state index in [2.05, 4.69) is 15.1 Å². The molecular weight excluding hydrogens is 388 g/mol. The number of hydrogen-bond acceptors (Lipinski definition) is 4. The van der Waals surface area contributed by atoms with Gasteiger partial charge in [0.2, 0.25) is 11.8 Å². The highest BCUT2D eigenvalue weighted by atomic mass is 35.5.